The van der Waals surface area contributed by atoms with E-state index >= 15 is 0 Å². The van der Waals surface area contributed by atoms with Crippen LogP contribution in [0.4, 0.5) is 0 Å². The normalized spacial score (nSPS) is 22.8. The molecule has 0 spiro atoms. The third-order valence-electron chi connectivity index (χ3n) is 3.23. The molecule has 0 aromatic carbocycles. The van der Waals surface area contributed by atoms with Crippen LogP contribution >= 0.6 is 0 Å². The van der Waals surface area contributed by atoms with E-state index in [1.165, 1.54) is 6.92 Å². The quantitative estimate of drug-likeness (QED) is 0.686. The minimum Gasteiger partial charge on any atom is -0.477 e. The van der Waals surface area contributed by atoms with Crippen LogP contribution in [-0.4, -0.2) is 70.7 Å². The summed E-state index contributed by atoms with van der Waals surface area (Å²) < 4.78 is 0. The second kappa shape index (κ2) is 5.25. The molecule has 0 aromatic heterocycles. The molecule has 104 valence electrons. The van der Waals surface area contributed by atoms with Gasteiger partial charge in [-0.2, -0.15) is 0 Å². The third kappa shape index (κ3) is 2.83. The van der Waals surface area contributed by atoms with Gasteiger partial charge in [-0.1, -0.05) is 5.16 Å². The van der Waals surface area contributed by atoms with Gasteiger partial charge in [0.15, 0.2) is 5.71 Å². The van der Waals surface area contributed by atoms with E-state index in [-0.39, 0.29) is 23.9 Å². The number of oxime groups is 1. The lowest BCUT2D eigenvalue weighted by Gasteiger charge is -2.34. The molecule has 19 heavy (non-hydrogen) atoms. The SMILES string of the molecule is CC(=O)N1CCN(C(=O)C2CC(C(=O)O)=NO2)CC1. The molecule has 2 rings (SSSR count). The second-order valence-corrected chi connectivity index (χ2v) is 4.47. The number of hydrogen-bond acceptors (Lipinski definition) is 5. The average Bonchev–Trinajstić information content (AvgIpc) is 2.87. The fraction of sp³-hybridized carbons (Fsp3) is 0.636. The van der Waals surface area contributed by atoms with Crippen LogP contribution in [0.3, 0.4) is 0 Å². The third-order valence-corrected chi connectivity index (χ3v) is 3.23. The van der Waals surface area contributed by atoms with Crippen LogP contribution in [0.1, 0.15) is 13.3 Å². The molecule has 8 nitrogen and oxygen atoms in total. The van der Waals surface area contributed by atoms with Gasteiger partial charge in [0, 0.05) is 39.5 Å². The molecule has 0 saturated carbocycles. The molecule has 0 aliphatic carbocycles. The summed E-state index contributed by atoms with van der Waals surface area (Å²) in [6.07, 6.45) is -0.865. The van der Waals surface area contributed by atoms with Crippen molar-refractivity contribution in [1.29, 1.82) is 0 Å². The summed E-state index contributed by atoms with van der Waals surface area (Å²) in [6.45, 7) is 3.33. The predicted molar refractivity (Wildman–Crippen MR) is 63.4 cm³/mol. The number of piperazine rings is 1. The minimum atomic E-state index is -1.17. The summed E-state index contributed by atoms with van der Waals surface area (Å²) in [5.74, 6) is -1.46. The molecule has 2 aliphatic rings. The number of amides is 2. The molecule has 1 unspecified atom stereocenters. The Hall–Kier alpha value is -2.12. The van der Waals surface area contributed by atoms with E-state index in [1.807, 2.05) is 0 Å². The molecule has 8 heteroatoms. The van der Waals surface area contributed by atoms with E-state index in [9.17, 15) is 14.4 Å². The Morgan fingerprint density at radius 2 is 1.79 bits per heavy atom. The Bertz CT molecular complexity index is 440. The van der Waals surface area contributed by atoms with Crippen LogP contribution in [0.2, 0.25) is 0 Å². The van der Waals surface area contributed by atoms with Crippen molar-refractivity contribution in [1.82, 2.24) is 9.80 Å². The van der Waals surface area contributed by atoms with Crippen molar-refractivity contribution in [3.05, 3.63) is 0 Å². The zero-order valence-corrected chi connectivity index (χ0v) is 10.5. The van der Waals surface area contributed by atoms with E-state index in [1.54, 1.807) is 9.80 Å². The summed E-state index contributed by atoms with van der Waals surface area (Å²) in [4.78, 5) is 42.0. The molecule has 1 saturated heterocycles. The molecule has 1 fully saturated rings. The van der Waals surface area contributed by atoms with Crippen LogP contribution in [-0.2, 0) is 19.2 Å². The van der Waals surface area contributed by atoms with Gasteiger partial charge >= 0.3 is 5.97 Å². The highest BCUT2D eigenvalue weighted by Crippen LogP contribution is 2.15. The van der Waals surface area contributed by atoms with Crippen LogP contribution < -0.4 is 0 Å². The van der Waals surface area contributed by atoms with Gasteiger partial charge in [0.05, 0.1) is 0 Å². The van der Waals surface area contributed by atoms with Crippen molar-refractivity contribution in [2.24, 2.45) is 5.16 Å². The minimum absolute atomic E-state index is 0.0128. The van der Waals surface area contributed by atoms with Gasteiger partial charge in [-0.25, -0.2) is 4.79 Å². The van der Waals surface area contributed by atoms with Gasteiger partial charge in [0.1, 0.15) is 0 Å². The van der Waals surface area contributed by atoms with Gasteiger partial charge in [-0.3, -0.25) is 9.59 Å². The number of carbonyl (C=O) groups is 3. The van der Waals surface area contributed by atoms with Crippen LogP contribution in [0, 0.1) is 0 Å². The number of hydrogen-bond donors (Lipinski definition) is 1. The molecule has 0 bridgehead atoms. The van der Waals surface area contributed by atoms with Gasteiger partial charge < -0.3 is 19.7 Å². The molecule has 2 aliphatic heterocycles. The summed E-state index contributed by atoms with van der Waals surface area (Å²) in [5, 5.41) is 12.1. The molecule has 1 atom stereocenters. The summed E-state index contributed by atoms with van der Waals surface area (Å²) >= 11 is 0. The Balaban J connectivity index is 1.86. The van der Waals surface area contributed by atoms with Crippen LogP contribution in [0.25, 0.3) is 0 Å². The first-order chi connectivity index (χ1) is 8.99. The molecular weight excluding hydrogens is 254 g/mol. The molecular formula is C11H15N3O5. The van der Waals surface area contributed by atoms with Crippen molar-refractivity contribution in [2.45, 2.75) is 19.4 Å². The number of carboxylic acids is 1. The highest BCUT2D eigenvalue weighted by Gasteiger charge is 2.35. The maximum absolute atomic E-state index is 12.1. The predicted octanol–water partition coefficient (Wildman–Crippen LogP) is -1.09. The van der Waals surface area contributed by atoms with Gasteiger partial charge in [-0.05, 0) is 0 Å². The number of nitrogens with zero attached hydrogens (tertiary/aromatic N) is 3. The lowest BCUT2D eigenvalue weighted by Crippen LogP contribution is -2.52. The Morgan fingerprint density at radius 1 is 1.21 bits per heavy atom. The number of rotatable bonds is 2. The second-order valence-electron chi connectivity index (χ2n) is 4.47. The van der Waals surface area contributed by atoms with Crippen LogP contribution in [0.15, 0.2) is 5.16 Å². The standard InChI is InChI=1S/C11H15N3O5/c1-7(15)13-2-4-14(5-3-13)10(16)9-6-8(11(17)18)12-19-9/h9H,2-6H2,1H3,(H,17,18). The van der Waals surface area contributed by atoms with Gasteiger partial charge in [0.2, 0.25) is 12.0 Å². The number of carboxylic acid groups (broad SMARTS) is 1. The maximum atomic E-state index is 12.1. The fourth-order valence-corrected chi connectivity index (χ4v) is 2.08. The van der Waals surface area contributed by atoms with Crippen molar-refractivity contribution in [3.63, 3.8) is 0 Å². The first-order valence-corrected chi connectivity index (χ1v) is 5.99. The van der Waals surface area contributed by atoms with Crippen LogP contribution in [0.5, 0.6) is 0 Å². The number of aliphatic carboxylic acids is 1. The van der Waals surface area contributed by atoms with Crippen molar-refractivity contribution in [2.75, 3.05) is 26.2 Å². The smallest absolute Gasteiger partial charge is 0.353 e. The maximum Gasteiger partial charge on any atom is 0.353 e. The highest BCUT2D eigenvalue weighted by atomic mass is 16.6. The summed E-state index contributed by atoms with van der Waals surface area (Å²) in [6, 6.07) is 0. The fourth-order valence-electron chi connectivity index (χ4n) is 2.08. The molecule has 2 heterocycles. The Morgan fingerprint density at radius 3 is 2.26 bits per heavy atom. The largest absolute Gasteiger partial charge is 0.477 e. The Kier molecular flexibility index (Phi) is 3.68. The molecule has 2 amide bonds. The van der Waals surface area contributed by atoms with Crippen molar-refractivity contribution in [3.8, 4) is 0 Å². The lowest BCUT2D eigenvalue weighted by molar-refractivity contribution is -0.146. The molecule has 0 aromatic rings. The van der Waals surface area contributed by atoms with E-state index in [0.29, 0.717) is 26.2 Å². The highest BCUT2D eigenvalue weighted by molar-refractivity contribution is 6.36. The molecule has 1 N–H and O–H groups in total. The first-order valence-electron chi connectivity index (χ1n) is 5.99. The van der Waals surface area contributed by atoms with Crippen molar-refractivity contribution < 1.29 is 24.3 Å². The first kappa shape index (κ1) is 13.3. The number of carbonyl (C=O) groups excluding carboxylic acids is 2. The zero-order valence-electron chi connectivity index (χ0n) is 10.5. The topological polar surface area (TPSA) is 99.5 Å². The Labute approximate surface area is 109 Å². The van der Waals surface area contributed by atoms with Crippen molar-refractivity contribution >= 4 is 23.5 Å². The molecule has 0 radical (unpaired) electrons. The van der Waals surface area contributed by atoms with Gasteiger partial charge in [0.25, 0.3) is 5.91 Å². The van der Waals surface area contributed by atoms with Gasteiger partial charge in [-0.15, -0.1) is 0 Å². The summed E-state index contributed by atoms with van der Waals surface area (Å²) in [5.41, 5.74) is -0.138. The van der Waals surface area contributed by atoms with E-state index in [4.69, 9.17) is 9.94 Å². The zero-order chi connectivity index (χ0) is 14.0. The average molecular weight is 269 g/mol. The lowest BCUT2D eigenvalue weighted by atomic mass is 10.1. The van der Waals surface area contributed by atoms with E-state index < -0.39 is 12.1 Å². The van der Waals surface area contributed by atoms with E-state index in [0.717, 1.165) is 0 Å². The van der Waals surface area contributed by atoms with E-state index in [2.05, 4.69) is 5.16 Å². The monoisotopic (exact) mass is 269 g/mol. The summed E-state index contributed by atoms with van der Waals surface area (Å²) in [7, 11) is 0.